The number of piperazine rings is 1. The lowest BCUT2D eigenvalue weighted by atomic mass is 10.1. The smallest absolute Gasteiger partial charge is 0.255 e. The number of amides is 1. The lowest BCUT2D eigenvalue weighted by Crippen LogP contribution is -2.49. The van der Waals surface area contributed by atoms with Gasteiger partial charge in [-0.25, -0.2) is 4.39 Å². The van der Waals surface area contributed by atoms with E-state index in [-0.39, 0.29) is 16.6 Å². The van der Waals surface area contributed by atoms with Gasteiger partial charge < -0.3 is 14.8 Å². The maximum atomic E-state index is 14.0. The Balaban J connectivity index is 1.76. The van der Waals surface area contributed by atoms with Gasteiger partial charge in [0, 0.05) is 51.7 Å². The number of benzene rings is 1. The van der Waals surface area contributed by atoms with Crippen molar-refractivity contribution in [3.63, 3.8) is 0 Å². The van der Waals surface area contributed by atoms with Gasteiger partial charge in [0.25, 0.3) is 5.91 Å². The van der Waals surface area contributed by atoms with E-state index in [0.717, 1.165) is 31.9 Å². The Morgan fingerprint density at radius 1 is 1.19 bits per heavy atom. The number of nitrogens with one attached hydrogen (secondary N) is 1. The van der Waals surface area contributed by atoms with E-state index in [0.29, 0.717) is 6.54 Å². The summed E-state index contributed by atoms with van der Waals surface area (Å²) in [7, 11) is 4.10. The van der Waals surface area contributed by atoms with Gasteiger partial charge in [0.1, 0.15) is 5.82 Å². The molecule has 2 heterocycles. The Kier molecular flexibility index (Phi) is 5.96. The van der Waals surface area contributed by atoms with E-state index in [4.69, 9.17) is 11.6 Å². The molecule has 1 aromatic heterocycles. The summed E-state index contributed by atoms with van der Waals surface area (Å²) in [6.07, 6.45) is 1.99. The molecule has 0 radical (unpaired) electrons. The van der Waals surface area contributed by atoms with Crippen LogP contribution in [0, 0.1) is 5.82 Å². The highest BCUT2D eigenvalue weighted by molar-refractivity contribution is 6.33. The predicted octanol–water partition coefficient (Wildman–Crippen LogP) is 2.54. The van der Waals surface area contributed by atoms with Gasteiger partial charge in [-0.1, -0.05) is 17.7 Å². The number of carbonyl (C=O) groups is 1. The largest absolute Gasteiger partial charge is 0.353 e. The minimum Gasteiger partial charge on any atom is -0.353 e. The number of likely N-dealkylation sites (N-methyl/N-ethyl adjacent to an activating group) is 1. The number of hydrogen-bond acceptors (Lipinski definition) is 3. The zero-order chi connectivity index (χ0) is 18.7. The number of rotatable bonds is 5. The van der Waals surface area contributed by atoms with Crippen LogP contribution in [0.4, 0.5) is 4.39 Å². The van der Waals surface area contributed by atoms with Crippen LogP contribution in [-0.2, 0) is 7.05 Å². The summed E-state index contributed by atoms with van der Waals surface area (Å²) in [6, 6.07) is 8.34. The van der Waals surface area contributed by atoms with Crippen LogP contribution in [0.5, 0.6) is 0 Å². The summed E-state index contributed by atoms with van der Waals surface area (Å²) in [5.41, 5.74) is 1.02. The van der Waals surface area contributed by atoms with Crippen molar-refractivity contribution < 1.29 is 9.18 Å². The number of aryl methyl sites for hydroxylation is 1. The second-order valence-electron chi connectivity index (χ2n) is 6.71. The Morgan fingerprint density at radius 3 is 2.54 bits per heavy atom. The second-order valence-corrected chi connectivity index (χ2v) is 7.11. The predicted molar refractivity (Wildman–Crippen MR) is 101 cm³/mol. The first-order valence-electron chi connectivity index (χ1n) is 8.73. The zero-order valence-electron chi connectivity index (χ0n) is 15.1. The third-order valence-electron chi connectivity index (χ3n) is 4.95. The molecule has 0 spiro atoms. The Bertz CT molecular complexity index is 750. The third kappa shape index (κ3) is 4.09. The highest BCUT2D eigenvalue weighted by atomic mass is 35.5. The quantitative estimate of drug-likeness (QED) is 0.869. The van der Waals surface area contributed by atoms with Gasteiger partial charge in [-0.2, -0.15) is 0 Å². The minimum atomic E-state index is -0.606. The summed E-state index contributed by atoms with van der Waals surface area (Å²) >= 11 is 6.01. The van der Waals surface area contributed by atoms with Crippen LogP contribution in [0.15, 0.2) is 36.5 Å². The molecule has 1 fully saturated rings. The lowest BCUT2D eigenvalue weighted by Gasteiger charge is -2.38. The SMILES string of the molecule is CN1CCN(C(CNC(=O)c2c(F)cccc2Cl)c2cccn2C)CC1. The van der Waals surface area contributed by atoms with Gasteiger partial charge in [-0.3, -0.25) is 9.69 Å². The van der Waals surface area contributed by atoms with Gasteiger partial charge in [-0.05, 0) is 31.3 Å². The first-order chi connectivity index (χ1) is 12.5. The van der Waals surface area contributed by atoms with Gasteiger partial charge in [0.2, 0.25) is 0 Å². The van der Waals surface area contributed by atoms with Crippen LogP contribution in [0.3, 0.4) is 0 Å². The molecule has 1 aromatic carbocycles. The Labute approximate surface area is 158 Å². The number of halogens is 2. The Hall–Kier alpha value is -1.89. The van der Waals surface area contributed by atoms with Crippen LogP contribution in [0.1, 0.15) is 22.1 Å². The van der Waals surface area contributed by atoms with E-state index in [2.05, 4.69) is 32.8 Å². The minimum absolute atomic E-state index is 0.0261. The standard InChI is InChI=1S/C19H24ClFN4O/c1-23-9-11-25(12-10-23)17(16-7-4-8-24(16)2)13-22-19(26)18-14(20)5-3-6-15(18)21/h3-8,17H,9-13H2,1-2H3,(H,22,26). The number of aromatic nitrogens is 1. The van der Waals surface area contributed by atoms with E-state index in [1.165, 1.54) is 18.2 Å². The summed E-state index contributed by atoms with van der Waals surface area (Å²) in [4.78, 5) is 17.2. The van der Waals surface area contributed by atoms with E-state index in [1.54, 1.807) is 0 Å². The van der Waals surface area contributed by atoms with Crippen molar-refractivity contribution in [2.45, 2.75) is 6.04 Å². The monoisotopic (exact) mass is 378 g/mol. The molecule has 1 atom stereocenters. The fraction of sp³-hybridized carbons (Fsp3) is 0.421. The molecule has 1 saturated heterocycles. The van der Waals surface area contributed by atoms with Gasteiger partial charge in [0.15, 0.2) is 0 Å². The van der Waals surface area contributed by atoms with Crippen LogP contribution < -0.4 is 5.32 Å². The van der Waals surface area contributed by atoms with E-state index in [1.807, 2.05) is 19.3 Å². The summed E-state index contributed by atoms with van der Waals surface area (Å²) in [6.45, 7) is 4.19. The van der Waals surface area contributed by atoms with Gasteiger partial charge in [0.05, 0.1) is 16.6 Å². The van der Waals surface area contributed by atoms with E-state index >= 15 is 0 Å². The van der Waals surface area contributed by atoms with E-state index in [9.17, 15) is 9.18 Å². The average Bonchev–Trinajstić information content (AvgIpc) is 3.02. The number of carbonyl (C=O) groups excluding carboxylic acids is 1. The first-order valence-corrected chi connectivity index (χ1v) is 9.11. The van der Waals surface area contributed by atoms with Gasteiger partial charge in [-0.15, -0.1) is 0 Å². The molecule has 1 amide bonds. The molecule has 0 saturated carbocycles. The lowest BCUT2D eigenvalue weighted by molar-refractivity contribution is 0.0874. The molecule has 2 aromatic rings. The molecule has 140 valence electrons. The fourth-order valence-corrected chi connectivity index (χ4v) is 3.62. The molecule has 26 heavy (non-hydrogen) atoms. The molecule has 1 N–H and O–H groups in total. The van der Waals surface area contributed by atoms with Gasteiger partial charge >= 0.3 is 0 Å². The maximum Gasteiger partial charge on any atom is 0.255 e. The molecular weight excluding hydrogens is 355 g/mol. The normalized spacial score (nSPS) is 17.2. The van der Waals surface area contributed by atoms with E-state index < -0.39 is 11.7 Å². The highest BCUT2D eigenvalue weighted by Gasteiger charge is 2.26. The maximum absolute atomic E-state index is 14.0. The molecule has 5 nitrogen and oxygen atoms in total. The second kappa shape index (κ2) is 8.20. The molecule has 7 heteroatoms. The van der Waals surface area contributed by atoms with Crippen LogP contribution in [0.25, 0.3) is 0 Å². The zero-order valence-corrected chi connectivity index (χ0v) is 15.8. The summed E-state index contributed by atoms with van der Waals surface area (Å²) in [5.74, 6) is -1.09. The molecular formula is C19H24ClFN4O. The topological polar surface area (TPSA) is 40.5 Å². The number of hydrogen-bond donors (Lipinski definition) is 1. The van der Waals surface area contributed by atoms with Crippen molar-refractivity contribution in [3.05, 3.63) is 58.6 Å². The van der Waals surface area contributed by atoms with Crippen molar-refractivity contribution in [2.24, 2.45) is 7.05 Å². The average molecular weight is 379 g/mol. The van der Waals surface area contributed by atoms with Crippen molar-refractivity contribution in [3.8, 4) is 0 Å². The number of nitrogens with zero attached hydrogens (tertiary/aromatic N) is 3. The van der Waals surface area contributed by atoms with Crippen LogP contribution in [-0.4, -0.2) is 60.0 Å². The van der Waals surface area contributed by atoms with Crippen molar-refractivity contribution in [1.82, 2.24) is 19.7 Å². The molecule has 3 rings (SSSR count). The first kappa shape index (κ1) is 18.9. The molecule has 1 unspecified atom stereocenters. The molecule has 1 aliphatic heterocycles. The molecule has 0 aliphatic carbocycles. The Morgan fingerprint density at radius 2 is 1.92 bits per heavy atom. The van der Waals surface area contributed by atoms with Crippen molar-refractivity contribution in [2.75, 3.05) is 39.8 Å². The van der Waals surface area contributed by atoms with Crippen LogP contribution >= 0.6 is 11.6 Å². The molecule has 1 aliphatic rings. The highest BCUT2D eigenvalue weighted by Crippen LogP contribution is 2.23. The molecule has 0 bridgehead atoms. The summed E-state index contributed by atoms with van der Waals surface area (Å²) < 4.78 is 16.1. The summed E-state index contributed by atoms with van der Waals surface area (Å²) in [5, 5.41) is 3.00. The third-order valence-corrected chi connectivity index (χ3v) is 5.26. The van der Waals surface area contributed by atoms with Crippen LogP contribution in [0.2, 0.25) is 5.02 Å². The fourth-order valence-electron chi connectivity index (χ4n) is 3.37. The van der Waals surface area contributed by atoms with Crippen molar-refractivity contribution >= 4 is 17.5 Å². The van der Waals surface area contributed by atoms with Crippen molar-refractivity contribution in [1.29, 1.82) is 0 Å².